The van der Waals surface area contributed by atoms with Crippen molar-refractivity contribution >= 4 is 29.3 Å². The van der Waals surface area contributed by atoms with E-state index in [1.807, 2.05) is 47.5 Å². The fourth-order valence-electron chi connectivity index (χ4n) is 4.20. The molecule has 0 saturated carbocycles. The summed E-state index contributed by atoms with van der Waals surface area (Å²) in [4.78, 5) is 30.7. The third-order valence-electron chi connectivity index (χ3n) is 5.99. The Bertz CT molecular complexity index is 1320. The molecular formula is C25H27N7O2S. The molecule has 5 rings (SSSR count). The van der Waals surface area contributed by atoms with Crippen molar-refractivity contribution in [1.82, 2.24) is 29.5 Å². The van der Waals surface area contributed by atoms with Crippen LogP contribution in [0.4, 0.5) is 5.82 Å². The number of methoxy groups -OCH3 is 1. The third-order valence-corrected chi connectivity index (χ3v) is 7.20. The molecule has 10 heteroatoms. The molecule has 0 radical (unpaired) electrons. The molecule has 0 spiro atoms. The van der Waals surface area contributed by atoms with Crippen LogP contribution in [-0.2, 0) is 0 Å². The van der Waals surface area contributed by atoms with Crippen molar-refractivity contribution in [3.63, 3.8) is 0 Å². The van der Waals surface area contributed by atoms with Crippen LogP contribution in [0.25, 0.3) is 16.9 Å². The fourth-order valence-corrected chi connectivity index (χ4v) is 5.05. The fraction of sp³-hybridized carbons (Fsp3) is 0.320. The van der Waals surface area contributed by atoms with Crippen LogP contribution in [0.2, 0.25) is 0 Å². The van der Waals surface area contributed by atoms with Gasteiger partial charge in [0.15, 0.2) is 0 Å². The number of fused-ring (bicyclic) bond motifs is 1. The number of carbonyl (C=O) groups is 1. The predicted molar refractivity (Wildman–Crippen MR) is 136 cm³/mol. The highest BCUT2D eigenvalue weighted by atomic mass is 32.2. The molecule has 180 valence electrons. The minimum absolute atomic E-state index is 0.0346. The Morgan fingerprint density at radius 3 is 2.60 bits per heavy atom. The van der Waals surface area contributed by atoms with Crippen molar-refractivity contribution in [1.29, 1.82) is 0 Å². The maximum atomic E-state index is 13.4. The Hall–Kier alpha value is -3.66. The van der Waals surface area contributed by atoms with Crippen molar-refractivity contribution < 1.29 is 9.53 Å². The lowest BCUT2D eigenvalue weighted by atomic mass is 10.1. The average Bonchev–Trinajstić information content (AvgIpc) is 3.40. The molecule has 0 aliphatic carbocycles. The Kier molecular flexibility index (Phi) is 6.80. The first-order valence-electron chi connectivity index (χ1n) is 11.6. The van der Waals surface area contributed by atoms with Crippen LogP contribution in [0.3, 0.4) is 0 Å². The van der Waals surface area contributed by atoms with Gasteiger partial charge in [0.05, 0.1) is 12.7 Å². The number of anilines is 1. The number of rotatable bonds is 7. The number of ether oxygens (including phenoxy) is 1. The van der Waals surface area contributed by atoms with E-state index in [0.29, 0.717) is 37.5 Å². The molecule has 0 unspecified atom stereocenters. The summed E-state index contributed by atoms with van der Waals surface area (Å²) in [5, 5.41) is 5.25. The molecule has 0 bridgehead atoms. The monoisotopic (exact) mass is 489 g/mol. The highest BCUT2D eigenvalue weighted by Gasteiger charge is 2.27. The van der Waals surface area contributed by atoms with Crippen LogP contribution >= 0.6 is 11.8 Å². The molecular weight excluding hydrogens is 462 g/mol. The minimum Gasteiger partial charge on any atom is -0.497 e. The predicted octanol–water partition coefficient (Wildman–Crippen LogP) is 3.66. The second-order valence-electron chi connectivity index (χ2n) is 8.18. The van der Waals surface area contributed by atoms with Crippen LogP contribution in [0, 0.1) is 0 Å². The Morgan fingerprint density at radius 1 is 1.06 bits per heavy atom. The van der Waals surface area contributed by atoms with E-state index in [0.717, 1.165) is 39.9 Å². The van der Waals surface area contributed by atoms with Gasteiger partial charge in [-0.1, -0.05) is 19.1 Å². The minimum atomic E-state index is 0.0346. The lowest BCUT2D eigenvalue weighted by molar-refractivity contribution is 0.0742. The first-order valence-corrected chi connectivity index (χ1v) is 12.6. The average molecular weight is 490 g/mol. The molecule has 1 amide bonds. The third kappa shape index (κ3) is 4.66. The van der Waals surface area contributed by atoms with Gasteiger partial charge in [0, 0.05) is 44.1 Å². The van der Waals surface area contributed by atoms with Gasteiger partial charge in [-0.25, -0.2) is 9.97 Å². The van der Waals surface area contributed by atoms with Crippen LogP contribution in [-0.4, -0.2) is 74.4 Å². The van der Waals surface area contributed by atoms with Crippen molar-refractivity contribution in [3.05, 3.63) is 60.7 Å². The zero-order chi connectivity index (χ0) is 24.2. The number of pyridine rings is 1. The number of aromatic nitrogens is 5. The molecule has 4 heterocycles. The van der Waals surface area contributed by atoms with Crippen LogP contribution in [0.5, 0.6) is 5.75 Å². The first kappa shape index (κ1) is 23.1. The largest absolute Gasteiger partial charge is 0.497 e. The number of hydrogen-bond donors (Lipinski definition) is 0. The van der Waals surface area contributed by atoms with E-state index >= 15 is 0 Å². The second-order valence-corrected chi connectivity index (χ2v) is 9.26. The summed E-state index contributed by atoms with van der Waals surface area (Å²) in [5.41, 5.74) is 2.65. The highest BCUT2D eigenvalue weighted by Crippen LogP contribution is 2.32. The maximum Gasteiger partial charge on any atom is 0.256 e. The zero-order valence-electron chi connectivity index (χ0n) is 19.8. The topological polar surface area (TPSA) is 88.8 Å². The SMILES string of the molecule is CCCSc1ncccc1C(=O)N1CCN(c2c(-c3ccc(OC)cc3)cnc3ncnn23)CC1. The second kappa shape index (κ2) is 10.3. The molecule has 0 atom stereocenters. The molecule has 1 fully saturated rings. The molecule has 1 aromatic carbocycles. The summed E-state index contributed by atoms with van der Waals surface area (Å²) in [6, 6.07) is 11.6. The molecule has 9 nitrogen and oxygen atoms in total. The molecule has 1 aliphatic heterocycles. The van der Waals surface area contributed by atoms with Crippen LogP contribution in [0.1, 0.15) is 23.7 Å². The van der Waals surface area contributed by atoms with Gasteiger partial charge in [-0.15, -0.1) is 11.8 Å². The smallest absolute Gasteiger partial charge is 0.256 e. The van der Waals surface area contributed by atoms with Crippen LogP contribution < -0.4 is 9.64 Å². The van der Waals surface area contributed by atoms with Crippen molar-refractivity contribution in [2.45, 2.75) is 18.4 Å². The van der Waals surface area contributed by atoms with Crippen molar-refractivity contribution in [2.75, 3.05) is 43.9 Å². The summed E-state index contributed by atoms with van der Waals surface area (Å²) in [6.07, 6.45) is 6.14. The first-order chi connectivity index (χ1) is 17.2. The molecule has 35 heavy (non-hydrogen) atoms. The number of piperazine rings is 1. The molecule has 1 saturated heterocycles. The van der Waals surface area contributed by atoms with Crippen LogP contribution in [0.15, 0.2) is 60.1 Å². The normalized spacial score (nSPS) is 13.9. The summed E-state index contributed by atoms with van der Waals surface area (Å²) in [6.45, 7) is 4.68. The van der Waals surface area contributed by atoms with E-state index in [4.69, 9.17) is 4.74 Å². The van der Waals surface area contributed by atoms with Gasteiger partial charge in [0.25, 0.3) is 11.7 Å². The summed E-state index contributed by atoms with van der Waals surface area (Å²) in [5.74, 6) is 3.24. The van der Waals surface area contributed by atoms with E-state index in [9.17, 15) is 4.79 Å². The van der Waals surface area contributed by atoms with E-state index < -0.39 is 0 Å². The van der Waals surface area contributed by atoms with Gasteiger partial charge >= 0.3 is 0 Å². The number of amides is 1. The molecule has 4 aromatic rings. The molecule has 3 aromatic heterocycles. The van der Waals surface area contributed by atoms with Gasteiger partial charge < -0.3 is 14.5 Å². The van der Waals surface area contributed by atoms with Gasteiger partial charge in [0.2, 0.25) is 0 Å². The number of hydrogen-bond acceptors (Lipinski definition) is 8. The van der Waals surface area contributed by atoms with Crippen molar-refractivity contribution in [2.24, 2.45) is 0 Å². The number of thioether (sulfide) groups is 1. The quantitative estimate of drug-likeness (QED) is 0.364. The summed E-state index contributed by atoms with van der Waals surface area (Å²) < 4.78 is 7.09. The Balaban J connectivity index is 1.40. The van der Waals surface area contributed by atoms with Crippen molar-refractivity contribution in [3.8, 4) is 16.9 Å². The zero-order valence-corrected chi connectivity index (χ0v) is 20.6. The lowest BCUT2D eigenvalue weighted by Crippen LogP contribution is -2.49. The van der Waals surface area contributed by atoms with E-state index in [1.165, 1.54) is 6.33 Å². The lowest BCUT2D eigenvalue weighted by Gasteiger charge is -2.36. The van der Waals surface area contributed by atoms with E-state index in [-0.39, 0.29) is 5.91 Å². The molecule has 0 N–H and O–H groups in total. The number of benzene rings is 1. The Morgan fingerprint density at radius 2 is 1.86 bits per heavy atom. The van der Waals surface area contributed by atoms with Gasteiger partial charge in [-0.3, -0.25) is 4.79 Å². The van der Waals surface area contributed by atoms with Gasteiger partial charge in [0.1, 0.15) is 22.9 Å². The highest BCUT2D eigenvalue weighted by molar-refractivity contribution is 7.99. The Labute approximate surface area is 208 Å². The van der Waals surface area contributed by atoms with E-state index in [2.05, 4.69) is 31.9 Å². The van der Waals surface area contributed by atoms with E-state index in [1.54, 1.807) is 29.6 Å². The number of carbonyl (C=O) groups excluding carboxylic acids is 1. The molecule has 1 aliphatic rings. The number of nitrogens with zero attached hydrogens (tertiary/aromatic N) is 7. The summed E-state index contributed by atoms with van der Waals surface area (Å²) >= 11 is 1.64. The maximum absolute atomic E-state index is 13.4. The van der Waals surface area contributed by atoms with Gasteiger partial charge in [-0.05, 0) is 42.0 Å². The standard InChI is InChI=1S/C25H27N7O2S/c1-3-15-35-22-20(5-4-10-26-22)24(33)31-13-11-30(12-14-31)23-21(16-27-25-28-17-29-32(23)25)18-6-8-19(34-2)9-7-18/h4-10,16-17H,3,11-15H2,1-2H3. The summed E-state index contributed by atoms with van der Waals surface area (Å²) in [7, 11) is 1.65. The van der Waals surface area contributed by atoms with Gasteiger partial charge in [-0.2, -0.15) is 14.6 Å².